The van der Waals surface area contributed by atoms with Crippen molar-refractivity contribution in [3.63, 3.8) is 0 Å². The van der Waals surface area contributed by atoms with Crippen molar-refractivity contribution in [3.05, 3.63) is 188 Å². The predicted octanol–water partition coefficient (Wildman–Crippen LogP) is 14.0. The Morgan fingerprint density at radius 2 is 0.824 bits per heavy atom. The zero-order valence-corrected chi connectivity index (χ0v) is 27.7. The Morgan fingerprint density at radius 3 is 1.47 bits per heavy atom. The number of nitrogens with zero attached hydrogens (tertiary/aromatic N) is 1. The molecule has 2 heterocycles. The van der Waals surface area contributed by atoms with Crippen molar-refractivity contribution < 1.29 is 8.83 Å². The van der Waals surface area contributed by atoms with E-state index in [0.29, 0.717) is 0 Å². The molecule has 3 heteroatoms. The molecule has 0 fully saturated rings. The lowest BCUT2D eigenvalue weighted by Crippen LogP contribution is -2.12. The predicted molar refractivity (Wildman–Crippen MR) is 212 cm³/mol. The van der Waals surface area contributed by atoms with Crippen LogP contribution in [0.1, 0.15) is 0 Å². The van der Waals surface area contributed by atoms with E-state index in [1.165, 1.54) is 0 Å². The smallest absolute Gasteiger partial charge is 0.160 e. The van der Waals surface area contributed by atoms with E-state index >= 15 is 0 Å². The van der Waals surface area contributed by atoms with Crippen molar-refractivity contribution in [1.29, 1.82) is 0 Å². The number of benzene rings is 8. The molecule has 8 aromatic carbocycles. The molecule has 10 rings (SSSR count). The van der Waals surface area contributed by atoms with Crippen molar-refractivity contribution in [2.45, 2.75) is 0 Å². The first kappa shape index (κ1) is 29.1. The van der Waals surface area contributed by atoms with Crippen molar-refractivity contribution in [3.8, 4) is 33.4 Å². The largest absolute Gasteiger partial charge is 0.456 e. The molecule has 2 aromatic heterocycles. The topological polar surface area (TPSA) is 29.5 Å². The van der Waals surface area contributed by atoms with Crippen LogP contribution in [0.15, 0.2) is 197 Å². The van der Waals surface area contributed by atoms with Crippen LogP contribution < -0.4 is 4.90 Å². The van der Waals surface area contributed by atoms with Crippen LogP contribution in [-0.2, 0) is 0 Å². The van der Waals surface area contributed by atoms with E-state index in [4.69, 9.17) is 8.83 Å². The fourth-order valence-corrected chi connectivity index (χ4v) is 7.44. The number of furan rings is 2. The molecular weight excluding hydrogens is 623 g/mol. The third kappa shape index (κ3) is 4.98. The molecular formula is C48H31NO2. The summed E-state index contributed by atoms with van der Waals surface area (Å²) in [7, 11) is 0. The molecule has 0 aliphatic carbocycles. The number of para-hydroxylation sites is 2. The van der Waals surface area contributed by atoms with Gasteiger partial charge in [0.05, 0.1) is 11.4 Å². The van der Waals surface area contributed by atoms with Crippen molar-refractivity contribution in [2.24, 2.45) is 0 Å². The van der Waals surface area contributed by atoms with Gasteiger partial charge in [-0.05, 0) is 76.3 Å². The minimum atomic E-state index is 0.827. The van der Waals surface area contributed by atoms with E-state index in [9.17, 15) is 0 Å². The van der Waals surface area contributed by atoms with E-state index in [2.05, 4.69) is 175 Å². The molecule has 0 spiro atoms. The monoisotopic (exact) mass is 653 g/mol. The molecule has 0 radical (unpaired) electrons. The molecule has 10 aromatic rings. The quantitative estimate of drug-likeness (QED) is 0.179. The maximum absolute atomic E-state index is 6.87. The van der Waals surface area contributed by atoms with Crippen LogP contribution in [0.25, 0.3) is 77.3 Å². The lowest BCUT2D eigenvalue weighted by Gasteiger charge is -2.29. The Morgan fingerprint density at radius 1 is 0.314 bits per heavy atom. The van der Waals surface area contributed by atoms with Crippen molar-refractivity contribution in [2.75, 3.05) is 4.90 Å². The van der Waals surface area contributed by atoms with Gasteiger partial charge in [-0.25, -0.2) is 0 Å². The molecule has 3 nitrogen and oxygen atoms in total. The summed E-state index contributed by atoms with van der Waals surface area (Å²) in [6.45, 7) is 0. The van der Waals surface area contributed by atoms with Crippen molar-refractivity contribution >= 4 is 60.9 Å². The van der Waals surface area contributed by atoms with E-state index < -0.39 is 0 Å². The third-order valence-electron chi connectivity index (χ3n) is 9.84. The summed E-state index contributed by atoms with van der Waals surface area (Å²) < 4.78 is 13.4. The number of hydrogen-bond acceptors (Lipinski definition) is 3. The van der Waals surface area contributed by atoms with E-state index in [0.717, 1.165) is 94.3 Å². The first-order chi connectivity index (χ1) is 25.3. The standard InChI is InChI=1S/C48H31NO2/c1-4-14-32(15-5-1)35-28-36(33-16-6-2-7-17-33)30-38(29-35)49(37-24-25-42-40-20-10-12-22-44(40)50-46(42)31-37)47-39(34-18-8-3-9-19-34)26-27-43-41-21-11-13-23-45(41)51-48(43)47/h1-31H. The SMILES string of the molecule is c1ccc(-c2cc(-c3ccccc3)cc(N(c3ccc4c(c3)oc3ccccc34)c3c(-c4ccccc4)ccc4c3oc3ccccc34)c2)cc1. The molecule has 0 amide bonds. The maximum Gasteiger partial charge on any atom is 0.160 e. The Hall–Kier alpha value is -6.84. The van der Waals surface area contributed by atoms with E-state index in [1.807, 2.05) is 18.2 Å². The third-order valence-corrected chi connectivity index (χ3v) is 9.84. The van der Waals surface area contributed by atoms with E-state index in [-0.39, 0.29) is 0 Å². The Kier molecular flexibility index (Phi) is 6.81. The minimum Gasteiger partial charge on any atom is -0.456 e. The number of hydrogen-bond donors (Lipinski definition) is 0. The highest BCUT2D eigenvalue weighted by Crippen LogP contribution is 2.49. The fourth-order valence-electron chi connectivity index (χ4n) is 7.44. The average Bonchev–Trinajstić information content (AvgIpc) is 3.77. The van der Waals surface area contributed by atoms with E-state index in [1.54, 1.807) is 0 Å². The van der Waals surface area contributed by atoms with Gasteiger partial charge in [-0.1, -0.05) is 133 Å². The van der Waals surface area contributed by atoms with Crippen LogP contribution >= 0.6 is 0 Å². The first-order valence-electron chi connectivity index (χ1n) is 17.3. The van der Waals surface area contributed by atoms with Gasteiger partial charge in [0.2, 0.25) is 0 Å². The second kappa shape index (κ2) is 11.9. The zero-order valence-electron chi connectivity index (χ0n) is 27.7. The van der Waals surface area contributed by atoms with Crippen LogP contribution in [0.5, 0.6) is 0 Å². The highest BCUT2D eigenvalue weighted by atomic mass is 16.3. The second-order valence-electron chi connectivity index (χ2n) is 12.9. The molecule has 0 aliphatic rings. The zero-order chi connectivity index (χ0) is 33.7. The molecule has 0 atom stereocenters. The number of anilines is 3. The summed E-state index contributed by atoms with van der Waals surface area (Å²) in [5, 5.41) is 4.34. The molecule has 0 bridgehead atoms. The van der Waals surface area contributed by atoms with Gasteiger partial charge in [0.1, 0.15) is 16.7 Å². The summed E-state index contributed by atoms with van der Waals surface area (Å²) >= 11 is 0. The summed E-state index contributed by atoms with van der Waals surface area (Å²) in [5.41, 5.74) is 13.1. The van der Waals surface area contributed by atoms with Crippen LogP contribution in [0.4, 0.5) is 17.1 Å². The molecule has 0 unspecified atom stereocenters. The maximum atomic E-state index is 6.87. The molecule has 0 saturated heterocycles. The second-order valence-corrected chi connectivity index (χ2v) is 12.9. The van der Waals surface area contributed by atoms with Crippen LogP contribution in [0, 0.1) is 0 Å². The Balaban J connectivity index is 1.33. The normalized spacial score (nSPS) is 11.5. The van der Waals surface area contributed by atoms with Crippen LogP contribution in [-0.4, -0.2) is 0 Å². The van der Waals surface area contributed by atoms with Crippen LogP contribution in [0.3, 0.4) is 0 Å². The molecule has 240 valence electrons. The fraction of sp³-hybridized carbons (Fsp3) is 0. The number of fused-ring (bicyclic) bond motifs is 6. The van der Waals surface area contributed by atoms with Gasteiger partial charge in [0, 0.05) is 38.9 Å². The Bertz CT molecular complexity index is 2790. The summed E-state index contributed by atoms with van der Waals surface area (Å²) in [6, 6.07) is 66.2. The average molecular weight is 654 g/mol. The van der Waals surface area contributed by atoms with Crippen LogP contribution in [0.2, 0.25) is 0 Å². The summed E-state index contributed by atoms with van der Waals surface area (Å²) in [4.78, 5) is 2.36. The highest BCUT2D eigenvalue weighted by Gasteiger charge is 2.25. The summed E-state index contributed by atoms with van der Waals surface area (Å²) in [5.74, 6) is 0. The van der Waals surface area contributed by atoms with Gasteiger partial charge in [0.15, 0.2) is 5.58 Å². The van der Waals surface area contributed by atoms with Gasteiger partial charge in [-0.15, -0.1) is 0 Å². The first-order valence-corrected chi connectivity index (χ1v) is 17.3. The van der Waals surface area contributed by atoms with Gasteiger partial charge in [-0.2, -0.15) is 0 Å². The van der Waals surface area contributed by atoms with Gasteiger partial charge >= 0.3 is 0 Å². The molecule has 0 N–H and O–H groups in total. The summed E-state index contributed by atoms with van der Waals surface area (Å²) in [6.07, 6.45) is 0. The molecule has 0 saturated carbocycles. The lowest BCUT2D eigenvalue weighted by atomic mass is 9.95. The lowest BCUT2D eigenvalue weighted by molar-refractivity contribution is 0.667. The highest BCUT2D eigenvalue weighted by molar-refractivity contribution is 6.14. The van der Waals surface area contributed by atoms with Gasteiger partial charge in [0.25, 0.3) is 0 Å². The van der Waals surface area contributed by atoms with Gasteiger partial charge < -0.3 is 13.7 Å². The van der Waals surface area contributed by atoms with Crippen molar-refractivity contribution in [1.82, 2.24) is 0 Å². The van der Waals surface area contributed by atoms with Gasteiger partial charge in [-0.3, -0.25) is 0 Å². The Labute approximate surface area is 295 Å². The minimum absolute atomic E-state index is 0.827. The molecule has 51 heavy (non-hydrogen) atoms. The number of rotatable bonds is 6. The molecule has 0 aliphatic heterocycles.